The highest BCUT2D eigenvalue weighted by molar-refractivity contribution is 6.30. The fraction of sp³-hybridized carbons (Fsp3) is 0.333. The van der Waals surface area contributed by atoms with E-state index in [2.05, 4.69) is 15.5 Å². The van der Waals surface area contributed by atoms with Crippen molar-refractivity contribution in [3.63, 3.8) is 0 Å². The van der Waals surface area contributed by atoms with Gasteiger partial charge in [0, 0.05) is 42.1 Å². The zero-order valence-corrected chi connectivity index (χ0v) is 17.8. The Balaban J connectivity index is 1.49. The molecule has 0 spiro atoms. The quantitative estimate of drug-likeness (QED) is 0.486. The Morgan fingerprint density at radius 2 is 1.88 bits per heavy atom. The number of likely N-dealkylation sites (tertiary alicyclic amines) is 1. The summed E-state index contributed by atoms with van der Waals surface area (Å²) in [5, 5.41) is 5.69. The first kappa shape index (κ1) is 23.7. The lowest BCUT2D eigenvalue weighted by molar-refractivity contribution is -0.137. The number of alkyl halides is 3. The van der Waals surface area contributed by atoms with Crippen LogP contribution in [-0.4, -0.2) is 42.4 Å². The van der Waals surface area contributed by atoms with Gasteiger partial charge >= 0.3 is 6.18 Å². The molecule has 7 nitrogen and oxygen atoms in total. The lowest BCUT2D eigenvalue weighted by Gasteiger charge is -2.18. The highest BCUT2D eigenvalue weighted by atomic mass is 35.5. The zero-order chi connectivity index (χ0) is 23.5. The van der Waals surface area contributed by atoms with Crippen molar-refractivity contribution in [2.75, 3.05) is 31.1 Å². The number of nitrogens with one attached hydrogen (secondary N) is 2. The Bertz CT molecular complexity index is 1020. The van der Waals surface area contributed by atoms with E-state index >= 15 is 0 Å². The SMILES string of the molecule is Nc1cc(Cl)ccc1CN1CC[C@@H](NC(=O)CNC(=O)c2cc(C(F)(F)F)ccc2N)C1. The van der Waals surface area contributed by atoms with Crippen LogP contribution in [0.4, 0.5) is 24.5 Å². The van der Waals surface area contributed by atoms with Gasteiger partial charge in [-0.2, -0.15) is 13.2 Å². The number of halogens is 4. The van der Waals surface area contributed by atoms with Crippen molar-refractivity contribution >= 4 is 34.8 Å². The van der Waals surface area contributed by atoms with Crippen molar-refractivity contribution in [2.45, 2.75) is 25.2 Å². The monoisotopic (exact) mass is 469 g/mol. The Labute approximate surface area is 187 Å². The molecule has 32 heavy (non-hydrogen) atoms. The van der Waals surface area contributed by atoms with Gasteiger partial charge in [0.1, 0.15) is 0 Å². The third-order valence-corrected chi connectivity index (χ3v) is 5.41. The summed E-state index contributed by atoms with van der Waals surface area (Å²) in [5.41, 5.74) is 11.7. The predicted octanol–water partition coefficient (Wildman–Crippen LogP) is 2.64. The number of anilines is 2. The van der Waals surface area contributed by atoms with Gasteiger partial charge < -0.3 is 22.1 Å². The largest absolute Gasteiger partial charge is 0.416 e. The molecular formula is C21H23ClF3N5O2. The highest BCUT2D eigenvalue weighted by Crippen LogP contribution is 2.31. The Hall–Kier alpha value is -2.98. The summed E-state index contributed by atoms with van der Waals surface area (Å²) in [6, 6.07) is 7.67. The van der Waals surface area contributed by atoms with Crippen molar-refractivity contribution in [1.29, 1.82) is 0 Å². The molecule has 11 heteroatoms. The molecule has 1 aliphatic rings. The molecule has 1 atom stereocenters. The van der Waals surface area contributed by atoms with Crippen LogP contribution in [0.2, 0.25) is 5.02 Å². The van der Waals surface area contributed by atoms with Crippen molar-refractivity contribution in [3.05, 3.63) is 58.1 Å². The molecule has 0 saturated carbocycles. The minimum Gasteiger partial charge on any atom is -0.398 e. The van der Waals surface area contributed by atoms with Crippen molar-refractivity contribution in [2.24, 2.45) is 0 Å². The van der Waals surface area contributed by atoms with Gasteiger partial charge in [-0.3, -0.25) is 14.5 Å². The first-order valence-corrected chi connectivity index (χ1v) is 10.2. The maximum atomic E-state index is 12.9. The minimum absolute atomic E-state index is 0.108. The number of benzene rings is 2. The fourth-order valence-corrected chi connectivity index (χ4v) is 3.69. The van der Waals surface area contributed by atoms with E-state index in [1.807, 2.05) is 6.07 Å². The van der Waals surface area contributed by atoms with Crippen LogP contribution in [0.15, 0.2) is 36.4 Å². The number of carbonyl (C=O) groups is 2. The third-order valence-electron chi connectivity index (χ3n) is 5.17. The van der Waals surface area contributed by atoms with Crippen LogP contribution in [0.1, 0.15) is 27.9 Å². The third kappa shape index (κ3) is 6.04. The fourth-order valence-electron chi connectivity index (χ4n) is 3.51. The molecule has 0 aliphatic carbocycles. The maximum Gasteiger partial charge on any atom is 0.416 e. The number of hydrogen-bond acceptors (Lipinski definition) is 5. The number of nitrogen functional groups attached to an aromatic ring is 2. The van der Waals surface area contributed by atoms with Crippen molar-refractivity contribution in [3.8, 4) is 0 Å². The number of rotatable bonds is 6. The van der Waals surface area contributed by atoms with E-state index in [0.29, 0.717) is 36.3 Å². The number of amides is 2. The smallest absolute Gasteiger partial charge is 0.398 e. The van der Waals surface area contributed by atoms with E-state index in [9.17, 15) is 22.8 Å². The standard InChI is InChI=1S/C21H23ClF3N5O2/c22-14-3-1-12(18(27)8-14)10-30-6-5-15(11-30)29-19(31)9-28-20(32)16-7-13(21(23,24)25)2-4-17(16)26/h1-4,7-8,15H,5-6,9-11,26-27H2,(H,28,32)(H,29,31)/t15-/m1/s1. The minimum atomic E-state index is -4.61. The number of carbonyl (C=O) groups excluding carboxylic acids is 2. The lowest BCUT2D eigenvalue weighted by atomic mass is 10.1. The average molecular weight is 470 g/mol. The van der Waals surface area contributed by atoms with Crippen LogP contribution in [-0.2, 0) is 17.5 Å². The molecule has 0 unspecified atom stereocenters. The summed E-state index contributed by atoms with van der Waals surface area (Å²) < 4.78 is 38.6. The summed E-state index contributed by atoms with van der Waals surface area (Å²) in [6.45, 7) is 1.58. The maximum absolute atomic E-state index is 12.9. The Kier molecular flexibility index (Phi) is 7.15. The predicted molar refractivity (Wildman–Crippen MR) is 116 cm³/mol. The van der Waals surface area contributed by atoms with Gasteiger partial charge in [0.2, 0.25) is 5.91 Å². The molecule has 1 saturated heterocycles. The molecule has 2 amide bonds. The van der Waals surface area contributed by atoms with Crippen LogP contribution in [0.25, 0.3) is 0 Å². The van der Waals surface area contributed by atoms with E-state index < -0.39 is 23.6 Å². The summed E-state index contributed by atoms with van der Waals surface area (Å²) in [6.07, 6.45) is -3.89. The molecule has 3 rings (SSSR count). The zero-order valence-electron chi connectivity index (χ0n) is 17.0. The van der Waals surface area contributed by atoms with Gasteiger partial charge in [-0.1, -0.05) is 17.7 Å². The molecule has 0 aromatic heterocycles. The molecule has 1 aliphatic heterocycles. The summed E-state index contributed by atoms with van der Waals surface area (Å²) in [5.74, 6) is -1.29. The number of nitrogens with zero attached hydrogens (tertiary/aromatic N) is 1. The van der Waals surface area contributed by atoms with Crippen LogP contribution in [0.3, 0.4) is 0 Å². The van der Waals surface area contributed by atoms with E-state index in [4.69, 9.17) is 23.1 Å². The van der Waals surface area contributed by atoms with Crippen LogP contribution in [0.5, 0.6) is 0 Å². The van der Waals surface area contributed by atoms with Crippen molar-refractivity contribution < 1.29 is 22.8 Å². The molecule has 0 radical (unpaired) electrons. The van der Waals surface area contributed by atoms with Crippen LogP contribution in [0, 0.1) is 0 Å². The van der Waals surface area contributed by atoms with E-state index in [-0.39, 0.29) is 23.8 Å². The van der Waals surface area contributed by atoms with Gasteiger partial charge in [-0.05, 0) is 42.3 Å². The molecule has 6 N–H and O–H groups in total. The molecule has 172 valence electrons. The second kappa shape index (κ2) is 9.66. The topological polar surface area (TPSA) is 113 Å². The Morgan fingerprint density at radius 3 is 2.56 bits per heavy atom. The van der Waals surface area contributed by atoms with Gasteiger partial charge in [0.05, 0.1) is 17.7 Å². The van der Waals surface area contributed by atoms with Gasteiger partial charge in [-0.15, -0.1) is 0 Å². The molecular weight excluding hydrogens is 447 g/mol. The molecule has 2 aromatic carbocycles. The molecule has 2 aromatic rings. The first-order chi connectivity index (χ1) is 15.0. The van der Waals surface area contributed by atoms with E-state index in [1.54, 1.807) is 12.1 Å². The first-order valence-electron chi connectivity index (χ1n) is 9.83. The van der Waals surface area contributed by atoms with E-state index in [1.165, 1.54) is 0 Å². The Morgan fingerprint density at radius 1 is 1.12 bits per heavy atom. The number of nitrogens with two attached hydrogens (primary N) is 2. The highest BCUT2D eigenvalue weighted by Gasteiger charge is 2.31. The second-order valence-electron chi connectivity index (χ2n) is 7.61. The molecule has 1 fully saturated rings. The second-order valence-corrected chi connectivity index (χ2v) is 8.05. The molecule has 0 bridgehead atoms. The summed E-state index contributed by atoms with van der Waals surface area (Å²) in [4.78, 5) is 26.6. The number of hydrogen-bond donors (Lipinski definition) is 4. The summed E-state index contributed by atoms with van der Waals surface area (Å²) in [7, 11) is 0. The normalized spacial score (nSPS) is 16.7. The van der Waals surface area contributed by atoms with Crippen molar-refractivity contribution in [1.82, 2.24) is 15.5 Å². The van der Waals surface area contributed by atoms with Gasteiger partial charge in [0.15, 0.2) is 0 Å². The van der Waals surface area contributed by atoms with Gasteiger partial charge in [0.25, 0.3) is 5.91 Å². The lowest BCUT2D eigenvalue weighted by Crippen LogP contribution is -2.43. The molecule has 1 heterocycles. The van der Waals surface area contributed by atoms with Gasteiger partial charge in [-0.25, -0.2) is 0 Å². The average Bonchev–Trinajstić information content (AvgIpc) is 3.14. The van der Waals surface area contributed by atoms with Crippen LogP contribution >= 0.6 is 11.6 Å². The van der Waals surface area contributed by atoms with E-state index in [0.717, 1.165) is 24.2 Å². The van der Waals surface area contributed by atoms with Crippen LogP contribution < -0.4 is 22.1 Å². The summed E-state index contributed by atoms with van der Waals surface area (Å²) >= 11 is 5.91.